The van der Waals surface area contributed by atoms with Crippen molar-refractivity contribution in [3.63, 3.8) is 0 Å². The highest BCUT2D eigenvalue weighted by molar-refractivity contribution is 6.56. The van der Waals surface area contributed by atoms with Crippen LogP contribution >= 0.6 is 0 Å². The highest BCUT2D eigenvalue weighted by atomic mass is 16.6. The predicted molar refractivity (Wildman–Crippen MR) is 55.1 cm³/mol. The Balaban J connectivity index is 4.17. The summed E-state index contributed by atoms with van der Waals surface area (Å²) in [5, 5.41) is 17.8. The van der Waals surface area contributed by atoms with E-state index in [0.717, 1.165) is 0 Å². The van der Waals surface area contributed by atoms with Crippen molar-refractivity contribution < 1.29 is 19.3 Å². The maximum Gasteiger partial charge on any atom is 0.539 e. The first kappa shape index (κ1) is 13.9. The molecule has 0 heterocycles. The molecule has 0 aliphatic carbocycles. The number of hydrogen-bond donors (Lipinski definition) is 5. The molecule has 0 fully saturated rings. The number of nitrogens with two attached hydrogens (primary N) is 3. The van der Waals surface area contributed by atoms with Crippen molar-refractivity contribution in [2.24, 2.45) is 16.9 Å². The Kier molecular flexibility index (Phi) is 5.68. The van der Waals surface area contributed by atoms with Gasteiger partial charge in [0.15, 0.2) is 0 Å². The van der Waals surface area contributed by atoms with Crippen LogP contribution in [-0.4, -0.2) is 37.1 Å². The van der Waals surface area contributed by atoms with Gasteiger partial charge in [0.25, 0.3) is 0 Å². The standard InChI is InChI=1S/C4H16B3N3O4/c1-3-4(2,5(8)11)13-7(10)14-6(9)12/h11-12H,3,8-10H2,1-2H3. The van der Waals surface area contributed by atoms with Crippen LogP contribution in [-0.2, 0) is 9.23 Å². The second-order valence-electron chi connectivity index (χ2n) is 3.12. The molecular weight excluding hydrogens is 186 g/mol. The smallest absolute Gasteiger partial charge is 0.436 e. The average Bonchev–Trinajstić information content (AvgIpc) is 2.01. The molecule has 0 aromatic carbocycles. The second kappa shape index (κ2) is 5.71. The first-order valence-corrected chi connectivity index (χ1v) is 4.28. The minimum atomic E-state index is -1.53. The summed E-state index contributed by atoms with van der Waals surface area (Å²) in [5.41, 5.74) is 14.5. The summed E-state index contributed by atoms with van der Waals surface area (Å²) in [6, 6.07) is 0. The van der Waals surface area contributed by atoms with Gasteiger partial charge in [0.2, 0.25) is 0 Å². The maximum atomic E-state index is 9.20. The van der Waals surface area contributed by atoms with Gasteiger partial charge in [-0.15, -0.1) is 0 Å². The van der Waals surface area contributed by atoms with Crippen LogP contribution < -0.4 is 16.9 Å². The molecule has 0 amide bonds. The van der Waals surface area contributed by atoms with Crippen molar-refractivity contribution >= 4 is 21.6 Å². The summed E-state index contributed by atoms with van der Waals surface area (Å²) in [5.74, 6) is 0. The molecule has 0 aliphatic heterocycles. The van der Waals surface area contributed by atoms with E-state index in [2.05, 4.69) is 4.57 Å². The van der Waals surface area contributed by atoms with Gasteiger partial charge in [0, 0.05) is 0 Å². The van der Waals surface area contributed by atoms with E-state index in [1.165, 1.54) is 0 Å². The summed E-state index contributed by atoms with van der Waals surface area (Å²) in [4.78, 5) is 0. The van der Waals surface area contributed by atoms with E-state index in [-0.39, 0.29) is 0 Å². The Bertz CT molecular complexity index is 174. The van der Waals surface area contributed by atoms with Gasteiger partial charge in [-0.1, -0.05) is 6.92 Å². The highest BCUT2D eigenvalue weighted by Gasteiger charge is 2.38. The lowest BCUT2D eigenvalue weighted by Gasteiger charge is -2.30. The van der Waals surface area contributed by atoms with E-state index in [9.17, 15) is 5.02 Å². The fourth-order valence-corrected chi connectivity index (χ4v) is 0.793. The molecular formula is C4H16B3N3O4. The summed E-state index contributed by atoms with van der Waals surface area (Å²) in [6.07, 6.45) is 0.433. The van der Waals surface area contributed by atoms with Crippen LogP contribution in [0.15, 0.2) is 0 Å². The Hall–Kier alpha value is -0.0852. The quantitative estimate of drug-likeness (QED) is 0.290. The van der Waals surface area contributed by atoms with E-state index in [4.69, 9.17) is 26.6 Å². The van der Waals surface area contributed by atoms with Gasteiger partial charge in [-0.25, -0.2) is 0 Å². The first-order valence-electron chi connectivity index (χ1n) is 4.28. The highest BCUT2D eigenvalue weighted by Crippen LogP contribution is 2.15. The Morgan fingerprint density at radius 1 is 1.29 bits per heavy atom. The summed E-state index contributed by atoms with van der Waals surface area (Å²) in [6.45, 7) is 3.34. The van der Waals surface area contributed by atoms with Crippen LogP contribution in [0.2, 0.25) is 0 Å². The van der Waals surface area contributed by atoms with Gasteiger partial charge in [0.1, 0.15) is 0 Å². The number of hydrogen-bond acceptors (Lipinski definition) is 7. The molecule has 0 aliphatic rings. The molecule has 0 bridgehead atoms. The van der Waals surface area contributed by atoms with Crippen LogP contribution in [0.25, 0.3) is 0 Å². The summed E-state index contributed by atoms with van der Waals surface area (Å²) >= 11 is 0. The van der Waals surface area contributed by atoms with E-state index >= 15 is 0 Å². The lowest BCUT2D eigenvalue weighted by atomic mass is 9.63. The third-order valence-corrected chi connectivity index (χ3v) is 1.99. The molecule has 14 heavy (non-hydrogen) atoms. The van der Waals surface area contributed by atoms with Gasteiger partial charge in [-0.3, -0.25) is 0 Å². The average molecular weight is 203 g/mol. The van der Waals surface area contributed by atoms with E-state index in [0.29, 0.717) is 6.42 Å². The molecule has 80 valence electrons. The van der Waals surface area contributed by atoms with Crippen molar-refractivity contribution in [1.29, 1.82) is 0 Å². The molecule has 0 rings (SSSR count). The van der Waals surface area contributed by atoms with Gasteiger partial charge in [0.05, 0.1) is 5.50 Å². The van der Waals surface area contributed by atoms with Crippen LogP contribution in [0, 0.1) is 0 Å². The van der Waals surface area contributed by atoms with Gasteiger partial charge in [-0.05, 0) is 13.3 Å². The van der Waals surface area contributed by atoms with Crippen molar-refractivity contribution in [1.82, 2.24) is 0 Å². The largest absolute Gasteiger partial charge is 0.539 e. The van der Waals surface area contributed by atoms with E-state index in [1.54, 1.807) is 13.8 Å². The van der Waals surface area contributed by atoms with Crippen molar-refractivity contribution in [3.8, 4) is 0 Å². The summed E-state index contributed by atoms with van der Waals surface area (Å²) < 4.78 is 9.62. The topological polar surface area (TPSA) is 137 Å². The molecule has 0 saturated heterocycles. The molecule has 7 nitrogen and oxygen atoms in total. The van der Waals surface area contributed by atoms with E-state index < -0.39 is 27.1 Å². The molecule has 10 heteroatoms. The van der Waals surface area contributed by atoms with Crippen LogP contribution in [0.5, 0.6) is 0 Å². The first-order chi connectivity index (χ1) is 6.31. The van der Waals surface area contributed by atoms with Crippen LogP contribution in [0.1, 0.15) is 20.3 Å². The van der Waals surface area contributed by atoms with Crippen molar-refractivity contribution in [3.05, 3.63) is 0 Å². The zero-order valence-corrected chi connectivity index (χ0v) is 8.38. The monoisotopic (exact) mass is 203 g/mol. The molecule has 1 unspecified atom stereocenters. The molecule has 0 saturated carbocycles. The molecule has 0 aromatic rings. The van der Waals surface area contributed by atoms with Gasteiger partial charge >= 0.3 is 21.6 Å². The zero-order valence-electron chi connectivity index (χ0n) is 8.38. The fourth-order valence-electron chi connectivity index (χ4n) is 0.793. The minimum absolute atomic E-state index is 0.433. The van der Waals surface area contributed by atoms with Crippen LogP contribution in [0.4, 0.5) is 0 Å². The maximum absolute atomic E-state index is 9.20. The third-order valence-electron chi connectivity index (χ3n) is 1.99. The summed E-state index contributed by atoms with van der Waals surface area (Å²) in [7, 11) is -3.96. The minimum Gasteiger partial charge on any atom is -0.436 e. The van der Waals surface area contributed by atoms with E-state index in [1.807, 2.05) is 0 Å². The van der Waals surface area contributed by atoms with Crippen molar-refractivity contribution in [2.75, 3.05) is 0 Å². The second-order valence-corrected chi connectivity index (χ2v) is 3.12. The van der Waals surface area contributed by atoms with Crippen molar-refractivity contribution in [2.45, 2.75) is 25.8 Å². The third kappa shape index (κ3) is 4.42. The van der Waals surface area contributed by atoms with Gasteiger partial charge in [-0.2, -0.15) is 0 Å². The Morgan fingerprint density at radius 2 is 1.79 bits per heavy atom. The molecule has 0 spiro atoms. The molecule has 0 aromatic heterocycles. The van der Waals surface area contributed by atoms with Gasteiger partial charge < -0.3 is 36.2 Å². The molecule has 0 radical (unpaired) electrons. The molecule has 8 N–H and O–H groups in total. The SMILES string of the molecule is CCC(C)(OB(N)OB(N)O)B(N)O. The predicted octanol–water partition coefficient (Wildman–Crippen LogP) is -2.95. The van der Waals surface area contributed by atoms with Crippen LogP contribution in [0.3, 0.4) is 0 Å². The normalized spacial score (nSPS) is 14.8. The number of rotatable bonds is 6. The lowest BCUT2D eigenvalue weighted by molar-refractivity contribution is 0.117. The fraction of sp³-hybridized carbons (Fsp3) is 1.00. The molecule has 1 atom stereocenters. The Labute approximate surface area is 84.4 Å². The lowest BCUT2D eigenvalue weighted by Crippen LogP contribution is -2.58. The Morgan fingerprint density at radius 3 is 2.07 bits per heavy atom. The zero-order chi connectivity index (χ0) is 11.4.